The highest BCUT2D eigenvalue weighted by Crippen LogP contribution is 2.50. The first-order valence-electron chi connectivity index (χ1n) is 10.1. The van der Waals surface area contributed by atoms with Crippen LogP contribution in [-0.4, -0.2) is 30.1 Å². The largest absolute Gasteiger partial charge is 0.504 e. The Labute approximate surface area is 199 Å². The number of ether oxygens (including phenoxy) is 1. The number of phenolic OH excluding ortho intramolecular Hbond substituents is 1. The minimum absolute atomic E-state index is 0.122. The standard InChI is InChI=1S/C24H18Cl2N2O5/c1-32-18-9-5-8-15(21(18)29)20-19-22(33-28(20)13-6-3-2-4-7-13)24(31)27(23(19)30)14-10-11-16(25)17(26)12-14/h2-12,19-20,22,29H,1H3/t19-,20-,22+/m1/s1. The van der Waals surface area contributed by atoms with E-state index in [1.165, 1.54) is 24.3 Å². The van der Waals surface area contributed by atoms with Gasteiger partial charge in [0.2, 0.25) is 5.91 Å². The Kier molecular flexibility index (Phi) is 5.40. The number of benzene rings is 3. The van der Waals surface area contributed by atoms with E-state index in [9.17, 15) is 14.7 Å². The van der Waals surface area contributed by atoms with Crippen molar-refractivity contribution >= 4 is 46.4 Å². The number of phenols is 1. The Balaban J connectivity index is 1.62. The molecule has 0 spiro atoms. The van der Waals surface area contributed by atoms with E-state index in [-0.39, 0.29) is 16.5 Å². The lowest BCUT2D eigenvalue weighted by Crippen LogP contribution is -2.37. The number of aromatic hydroxyl groups is 1. The number of imide groups is 1. The van der Waals surface area contributed by atoms with E-state index < -0.39 is 29.9 Å². The maximum absolute atomic E-state index is 13.6. The van der Waals surface area contributed by atoms with Gasteiger partial charge in [-0.05, 0) is 36.4 Å². The van der Waals surface area contributed by atoms with Gasteiger partial charge in [-0.1, -0.05) is 53.5 Å². The third-order valence-corrected chi connectivity index (χ3v) is 6.60. The molecule has 2 aliphatic rings. The number of halogens is 2. The van der Waals surface area contributed by atoms with Gasteiger partial charge in [0.25, 0.3) is 5.91 Å². The fourth-order valence-electron chi connectivity index (χ4n) is 4.35. The molecule has 0 aliphatic carbocycles. The van der Waals surface area contributed by atoms with Crippen molar-refractivity contribution in [3.05, 3.63) is 82.3 Å². The van der Waals surface area contributed by atoms with Crippen LogP contribution in [0.4, 0.5) is 11.4 Å². The second kappa shape index (κ2) is 8.26. The third-order valence-electron chi connectivity index (χ3n) is 5.86. The molecule has 2 amide bonds. The van der Waals surface area contributed by atoms with Gasteiger partial charge in [-0.3, -0.25) is 14.4 Å². The summed E-state index contributed by atoms with van der Waals surface area (Å²) in [5, 5.41) is 12.9. The van der Waals surface area contributed by atoms with Gasteiger partial charge in [0, 0.05) is 5.56 Å². The van der Waals surface area contributed by atoms with E-state index >= 15 is 0 Å². The van der Waals surface area contributed by atoms with E-state index in [4.69, 9.17) is 32.8 Å². The minimum Gasteiger partial charge on any atom is -0.504 e. The van der Waals surface area contributed by atoms with Crippen LogP contribution in [0.3, 0.4) is 0 Å². The Bertz CT molecular complexity index is 1250. The van der Waals surface area contributed by atoms with Gasteiger partial charge in [0.15, 0.2) is 17.6 Å². The molecule has 0 aromatic heterocycles. The van der Waals surface area contributed by atoms with Crippen LogP contribution in [0.15, 0.2) is 66.7 Å². The van der Waals surface area contributed by atoms with Crippen LogP contribution < -0.4 is 14.7 Å². The van der Waals surface area contributed by atoms with Gasteiger partial charge in [0.05, 0.1) is 28.5 Å². The van der Waals surface area contributed by atoms with Gasteiger partial charge in [-0.2, -0.15) is 0 Å². The summed E-state index contributed by atoms with van der Waals surface area (Å²) in [5.74, 6) is -1.76. The quantitative estimate of drug-likeness (QED) is 0.537. The summed E-state index contributed by atoms with van der Waals surface area (Å²) in [6.07, 6.45) is -1.08. The van der Waals surface area contributed by atoms with Crippen LogP contribution in [0.1, 0.15) is 11.6 Å². The predicted octanol–water partition coefficient (Wildman–Crippen LogP) is 4.76. The summed E-state index contributed by atoms with van der Waals surface area (Å²) in [6, 6.07) is 17.9. The highest BCUT2D eigenvalue weighted by molar-refractivity contribution is 6.42. The van der Waals surface area contributed by atoms with Crippen molar-refractivity contribution in [1.29, 1.82) is 0 Å². The van der Waals surface area contributed by atoms with E-state index in [0.29, 0.717) is 22.0 Å². The average Bonchev–Trinajstić information content (AvgIpc) is 3.32. The first kappa shape index (κ1) is 21.6. The molecule has 3 atom stereocenters. The van der Waals surface area contributed by atoms with Crippen LogP contribution in [0.2, 0.25) is 10.0 Å². The third kappa shape index (κ3) is 3.40. The fourth-order valence-corrected chi connectivity index (χ4v) is 4.64. The van der Waals surface area contributed by atoms with E-state index in [2.05, 4.69) is 0 Å². The van der Waals surface area contributed by atoms with E-state index in [1.54, 1.807) is 36.4 Å². The Morgan fingerprint density at radius 1 is 0.909 bits per heavy atom. The van der Waals surface area contributed by atoms with Gasteiger partial charge in [0.1, 0.15) is 12.0 Å². The SMILES string of the molecule is COc1cccc([C@@H]2[C@H]3C(=O)N(c4ccc(Cl)c(Cl)c4)C(=O)[C@H]3ON2c2ccccc2)c1O. The second-order valence-corrected chi connectivity index (χ2v) is 8.48. The van der Waals surface area contributed by atoms with Crippen LogP contribution in [0.25, 0.3) is 0 Å². The Hall–Kier alpha value is -3.26. The maximum atomic E-state index is 13.6. The van der Waals surface area contributed by atoms with Crippen LogP contribution >= 0.6 is 23.2 Å². The average molecular weight is 485 g/mol. The molecule has 0 radical (unpaired) electrons. The van der Waals surface area contributed by atoms with Crippen LogP contribution in [-0.2, 0) is 14.4 Å². The zero-order valence-electron chi connectivity index (χ0n) is 17.3. The van der Waals surface area contributed by atoms with Gasteiger partial charge in [-0.15, -0.1) is 0 Å². The molecule has 7 nitrogen and oxygen atoms in total. The highest BCUT2D eigenvalue weighted by Gasteiger charge is 2.60. The summed E-state index contributed by atoms with van der Waals surface area (Å²) in [4.78, 5) is 34.1. The number of hydrogen-bond donors (Lipinski definition) is 1. The van der Waals surface area contributed by atoms with Crippen molar-refractivity contribution in [1.82, 2.24) is 0 Å². The number of carbonyl (C=O) groups excluding carboxylic acids is 2. The number of rotatable bonds is 4. The molecular weight excluding hydrogens is 467 g/mol. The number of methoxy groups -OCH3 is 1. The molecule has 0 unspecified atom stereocenters. The number of hydrogen-bond acceptors (Lipinski definition) is 6. The lowest BCUT2D eigenvalue weighted by molar-refractivity contribution is -0.126. The molecule has 1 N–H and O–H groups in total. The van der Waals surface area contributed by atoms with Crippen molar-refractivity contribution < 1.29 is 24.3 Å². The lowest BCUT2D eigenvalue weighted by atomic mass is 9.90. The number of hydroxylamine groups is 1. The summed E-state index contributed by atoms with van der Waals surface area (Å²) in [5.41, 5.74) is 1.35. The highest BCUT2D eigenvalue weighted by atomic mass is 35.5. The summed E-state index contributed by atoms with van der Waals surface area (Å²) < 4.78 is 5.26. The summed E-state index contributed by atoms with van der Waals surface area (Å²) in [7, 11) is 1.44. The van der Waals surface area contributed by atoms with Gasteiger partial charge in [-0.25, -0.2) is 9.96 Å². The topological polar surface area (TPSA) is 79.3 Å². The minimum atomic E-state index is -1.08. The lowest BCUT2D eigenvalue weighted by Gasteiger charge is -2.29. The normalized spacial score (nSPS) is 22.1. The molecular formula is C24H18Cl2N2O5. The van der Waals surface area contributed by atoms with E-state index in [1.807, 2.05) is 18.2 Å². The predicted molar refractivity (Wildman–Crippen MR) is 124 cm³/mol. The smallest absolute Gasteiger partial charge is 0.266 e. The van der Waals surface area contributed by atoms with Crippen molar-refractivity contribution in [3.63, 3.8) is 0 Å². The first-order valence-corrected chi connectivity index (χ1v) is 10.9. The van der Waals surface area contributed by atoms with Crippen LogP contribution in [0, 0.1) is 5.92 Å². The van der Waals surface area contributed by atoms with Crippen molar-refractivity contribution in [2.45, 2.75) is 12.1 Å². The number of para-hydroxylation sites is 2. The number of nitrogens with zero attached hydrogens (tertiary/aromatic N) is 2. The first-order chi connectivity index (χ1) is 15.9. The van der Waals surface area contributed by atoms with Crippen LogP contribution in [0.5, 0.6) is 11.5 Å². The molecule has 2 aliphatic heterocycles. The molecule has 9 heteroatoms. The Morgan fingerprint density at radius 2 is 1.67 bits per heavy atom. The van der Waals surface area contributed by atoms with Crippen molar-refractivity contribution in [2.75, 3.05) is 17.1 Å². The maximum Gasteiger partial charge on any atom is 0.266 e. The van der Waals surface area contributed by atoms with Gasteiger partial charge < -0.3 is 9.84 Å². The molecule has 0 bridgehead atoms. The van der Waals surface area contributed by atoms with E-state index in [0.717, 1.165) is 4.90 Å². The number of amides is 2. The monoisotopic (exact) mass is 484 g/mol. The van der Waals surface area contributed by atoms with Crippen molar-refractivity contribution in [3.8, 4) is 11.5 Å². The zero-order valence-corrected chi connectivity index (χ0v) is 18.8. The molecule has 33 heavy (non-hydrogen) atoms. The number of carbonyl (C=O) groups is 2. The molecule has 2 saturated heterocycles. The van der Waals surface area contributed by atoms with Gasteiger partial charge >= 0.3 is 0 Å². The second-order valence-electron chi connectivity index (χ2n) is 7.67. The summed E-state index contributed by atoms with van der Waals surface area (Å²) in [6.45, 7) is 0. The number of fused-ring (bicyclic) bond motifs is 1. The summed E-state index contributed by atoms with van der Waals surface area (Å²) >= 11 is 12.1. The Morgan fingerprint density at radius 3 is 2.36 bits per heavy atom. The molecule has 3 aromatic carbocycles. The molecule has 2 heterocycles. The van der Waals surface area contributed by atoms with Crippen molar-refractivity contribution in [2.24, 2.45) is 5.92 Å². The zero-order chi connectivity index (χ0) is 23.3. The molecule has 0 saturated carbocycles. The molecule has 5 rings (SSSR count). The number of anilines is 2. The molecule has 3 aromatic rings. The molecule has 2 fully saturated rings. The molecule has 168 valence electrons. The fraction of sp³-hybridized carbons (Fsp3) is 0.167.